The zero-order chi connectivity index (χ0) is 18.4. The van der Waals surface area contributed by atoms with Crippen molar-refractivity contribution >= 4 is 29.2 Å². The van der Waals surface area contributed by atoms with Crippen LogP contribution in [0.1, 0.15) is 29.3 Å². The third-order valence-electron chi connectivity index (χ3n) is 3.67. The highest BCUT2D eigenvalue weighted by molar-refractivity contribution is 6.33. The number of amides is 1. The number of para-hydroxylation sites is 1. The molecule has 0 spiro atoms. The number of rotatable bonds is 6. The number of hydrogen-bond donors (Lipinski definition) is 1. The van der Waals surface area contributed by atoms with Gasteiger partial charge in [0.2, 0.25) is 0 Å². The van der Waals surface area contributed by atoms with Crippen molar-refractivity contribution in [2.75, 3.05) is 12.4 Å². The molecule has 0 heterocycles. The number of halogens is 1. The van der Waals surface area contributed by atoms with Gasteiger partial charge in [-0.2, -0.15) is 0 Å². The Kier molecular flexibility index (Phi) is 6.42. The summed E-state index contributed by atoms with van der Waals surface area (Å²) in [7, 11) is 1.27. The molecule has 0 bridgehead atoms. The van der Waals surface area contributed by atoms with E-state index in [-0.39, 0.29) is 16.5 Å². The molecular weight excluding hydrogens is 342 g/mol. The summed E-state index contributed by atoms with van der Waals surface area (Å²) in [6.45, 7) is 3.78. The second-order valence-corrected chi connectivity index (χ2v) is 5.86. The van der Waals surface area contributed by atoms with Crippen LogP contribution in [0.15, 0.2) is 42.5 Å². The fourth-order valence-corrected chi connectivity index (χ4v) is 2.45. The van der Waals surface area contributed by atoms with Gasteiger partial charge >= 0.3 is 5.97 Å². The van der Waals surface area contributed by atoms with Crippen molar-refractivity contribution in [3.05, 3.63) is 58.6 Å². The van der Waals surface area contributed by atoms with Crippen LogP contribution in [0, 0.1) is 6.92 Å². The molecule has 0 saturated heterocycles. The van der Waals surface area contributed by atoms with Gasteiger partial charge in [0.1, 0.15) is 5.75 Å². The van der Waals surface area contributed by atoms with Crippen molar-refractivity contribution in [2.45, 2.75) is 26.4 Å². The molecule has 5 nitrogen and oxygen atoms in total. The predicted octanol–water partition coefficient (Wildman–Crippen LogP) is 4.23. The minimum atomic E-state index is -0.654. The minimum absolute atomic E-state index is 0.190. The van der Waals surface area contributed by atoms with E-state index in [1.807, 2.05) is 38.1 Å². The first-order chi connectivity index (χ1) is 12.0. The Labute approximate surface area is 151 Å². The van der Waals surface area contributed by atoms with E-state index >= 15 is 0 Å². The van der Waals surface area contributed by atoms with Crippen LogP contribution >= 0.6 is 11.6 Å². The standard InChI is InChI=1S/C19H20ClNO4/c1-4-16(25-17-8-6-5-7-12(17)2)18(22)21-13-9-10-15(20)14(11-13)19(23)24-3/h5-11,16H,4H2,1-3H3,(H,21,22)/t16-/m1/s1. The molecule has 0 aliphatic rings. The van der Waals surface area contributed by atoms with E-state index in [1.165, 1.54) is 19.2 Å². The van der Waals surface area contributed by atoms with Crippen LogP contribution < -0.4 is 10.1 Å². The molecule has 2 aromatic rings. The zero-order valence-electron chi connectivity index (χ0n) is 14.3. The highest BCUT2D eigenvalue weighted by atomic mass is 35.5. The van der Waals surface area contributed by atoms with E-state index in [0.717, 1.165) is 5.56 Å². The Balaban J connectivity index is 2.14. The van der Waals surface area contributed by atoms with Crippen LogP contribution in [-0.2, 0) is 9.53 Å². The monoisotopic (exact) mass is 361 g/mol. The first kappa shape index (κ1) is 18.8. The summed E-state index contributed by atoms with van der Waals surface area (Å²) in [5.74, 6) is -0.205. The number of hydrogen-bond acceptors (Lipinski definition) is 4. The van der Waals surface area contributed by atoms with E-state index in [9.17, 15) is 9.59 Å². The van der Waals surface area contributed by atoms with Gasteiger partial charge in [-0.3, -0.25) is 4.79 Å². The van der Waals surface area contributed by atoms with Crippen molar-refractivity contribution in [3.8, 4) is 5.75 Å². The Morgan fingerprint density at radius 1 is 1.20 bits per heavy atom. The SMILES string of the molecule is CC[C@@H](Oc1ccccc1C)C(=O)Nc1ccc(Cl)c(C(=O)OC)c1. The maximum Gasteiger partial charge on any atom is 0.339 e. The Morgan fingerprint density at radius 2 is 1.92 bits per heavy atom. The van der Waals surface area contributed by atoms with Crippen molar-refractivity contribution in [1.82, 2.24) is 0 Å². The number of esters is 1. The predicted molar refractivity (Wildman–Crippen MR) is 97.3 cm³/mol. The molecular formula is C19H20ClNO4. The van der Waals surface area contributed by atoms with Crippen molar-refractivity contribution < 1.29 is 19.1 Å². The van der Waals surface area contributed by atoms with E-state index in [4.69, 9.17) is 16.3 Å². The Morgan fingerprint density at radius 3 is 2.56 bits per heavy atom. The highest BCUT2D eigenvalue weighted by Crippen LogP contribution is 2.23. The molecule has 0 saturated carbocycles. The van der Waals surface area contributed by atoms with Crippen molar-refractivity contribution in [1.29, 1.82) is 0 Å². The normalized spacial score (nSPS) is 11.5. The van der Waals surface area contributed by atoms with E-state index in [1.54, 1.807) is 6.07 Å². The van der Waals surface area contributed by atoms with Crippen LogP contribution in [0.2, 0.25) is 5.02 Å². The fourth-order valence-electron chi connectivity index (χ4n) is 2.26. The average molecular weight is 362 g/mol. The summed E-state index contributed by atoms with van der Waals surface area (Å²) in [5, 5.41) is 3.01. The molecule has 0 aromatic heterocycles. The van der Waals surface area contributed by atoms with Gasteiger partial charge in [-0.1, -0.05) is 36.7 Å². The maximum absolute atomic E-state index is 12.5. The van der Waals surface area contributed by atoms with Crippen molar-refractivity contribution in [3.63, 3.8) is 0 Å². The van der Waals surface area contributed by atoms with Crippen molar-refractivity contribution in [2.24, 2.45) is 0 Å². The first-order valence-corrected chi connectivity index (χ1v) is 8.25. The zero-order valence-corrected chi connectivity index (χ0v) is 15.1. The van der Waals surface area contributed by atoms with Crippen LogP contribution in [0.3, 0.4) is 0 Å². The Bertz CT molecular complexity index is 776. The first-order valence-electron chi connectivity index (χ1n) is 7.87. The second-order valence-electron chi connectivity index (χ2n) is 5.46. The highest BCUT2D eigenvalue weighted by Gasteiger charge is 2.20. The van der Waals surface area contributed by atoms with Gasteiger partial charge in [-0.25, -0.2) is 4.79 Å². The molecule has 0 radical (unpaired) electrons. The van der Waals surface area contributed by atoms with Crippen LogP contribution in [0.25, 0.3) is 0 Å². The topological polar surface area (TPSA) is 64.6 Å². The lowest BCUT2D eigenvalue weighted by atomic mass is 10.1. The van der Waals surface area contributed by atoms with E-state index < -0.39 is 12.1 Å². The molecule has 2 aromatic carbocycles. The van der Waals surface area contributed by atoms with Gasteiger partial charge < -0.3 is 14.8 Å². The molecule has 0 aliphatic heterocycles. The van der Waals surface area contributed by atoms with Gasteiger partial charge in [0.15, 0.2) is 6.10 Å². The number of aryl methyl sites for hydroxylation is 1. The number of methoxy groups -OCH3 is 1. The Hall–Kier alpha value is -2.53. The third-order valence-corrected chi connectivity index (χ3v) is 3.99. The van der Waals surface area contributed by atoms with E-state index in [2.05, 4.69) is 10.1 Å². The van der Waals surface area contributed by atoms with Gasteiger partial charge in [-0.15, -0.1) is 0 Å². The molecule has 1 amide bonds. The summed E-state index contributed by atoms with van der Waals surface area (Å²) >= 11 is 5.98. The molecule has 6 heteroatoms. The summed E-state index contributed by atoms with van der Waals surface area (Å²) in [6.07, 6.45) is -0.157. The third kappa shape index (κ3) is 4.73. The fraction of sp³-hybridized carbons (Fsp3) is 0.263. The second kappa shape index (κ2) is 8.53. The lowest BCUT2D eigenvalue weighted by Crippen LogP contribution is -2.32. The van der Waals surface area contributed by atoms with Crippen LogP contribution in [0.5, 0.6) is 5.75 Å². The molecule has 0 unspecified atom stereocenters. The molecule has 0 fully saturated rings. The summed E-state index contributed by atoms with van der Waals surface area (Å²) < 4.78 is 10.5. The molecule has 2 rings (SSSR count). The largest absolute Gasteiger partial charge is 0.480 e. The van der Waals surface area contributed by atoms with E-state index in [0.29, 0.717) is 17.9 Å². The molecule has 1 N–H and O–H groups in total. The smallest absolute Gasteiger partial charge is 0.339 e. The number of nitrogens with one attached hydrogen (secondary N) is 1. The van der Waals surface area contributed by atoms with Gasteiger partial charge in [0, 0.05) is 5.69 Å². The molecule has 0 aliphatic carbocycles. The molecule has 1 atom stereocenters. The van der Waals surface area contributed by atoms with Crippen LogP contribution in [-0.4, -0.2) is 25.1 Å². The van der Waals surface area contributed by atoms with Gasteiger partial charge in [0.25, 0.3) is 5.91 Å². The minimum Gasteiger partial charge on any atom is -0.480 e. The molecule has 132 valence electrons. The number of carbonyl (C=O) groups excluding carboxylic acids is 2. The number of anilines is 1. The van der Waals surface area contributed by atoms with Gasteiger partial charge in [0.05, 0.1) is 17.7 Å². The van der Waals surface area contributed by atoms with Crippen LogP contribution in [0.4, 0.5) is 5.69 Å². The number of carbonyl (C=O) groups is 2. The summed E-state index contributed by atoms with van der Waals surface area (Å²) in [5.41, 5.74) is 1.59. The summed E-state index contributed by atoms with van der Waals surface area (Å²) in [6, 6.07) is 12.1. The number of benzene rings is 2. The average Bonchev–Trinajstić information content (AvgIpc) is 2.61. The maximum atomic E-state index is 12.5. The lowest BCUT2D eigenvalue weighted by Gasteiger charge is -2.19. The lowest BCUT2D eigenvalue weighted by molar-refractivity contribution is -0.122. The van der Waals surface area contributed by atoms with Gasteiger partial charge in [-0.05, 0) is 43.2 Å². The molecule has 25 heavy (non-hydrogen) atoms. The number of ether oxygens (including phenoxy) is 2. The quantitative estimate of drug-likeness (QED) is 0.782. The summed E-state index contributed by atoms with van der Waals surface area (Å²) in [4.78, 5) is 24.2.